The largest absolute Gasteiger partial charge is 0.478 e. The van der Waals surface area contributed by atoms with Gasteiger partial charge in [-0.2, -0.15) is 0 Å². The number of carboxylic acids is 2. The van der Waals surface area contributed by atoms with Crippen LogP contribution in [0.3, 0.4) is 0 Å². The van der Waals surface area contributed by atoms with Gasteiger partial charge in [0, 0.05) is 16.6 Å². The maximum Gasteiger partial charge on any atom is 0.340 e. The van der Waals surface area contributed by atoms with E-state index < -0.39 is 11.9 Å². The Labute approximate surface area is 168 Å². The van der Waals surface area contributed by atoms with Crippen molar-refractivity contribution in [1.82, 2.24) is 19.9 Å². The lowest BCUT2D eigenvalue weighted by molar-refractivity contribution is 0.0687. The van der Waals surface area contributed by atoms with Crippen molar-refractivity contribution >= 4 is 58.3 Å². The topological polar surface area (TPSA) is 132 Å². The summed E-state index contributed by atoms with van der Waals surface area (Å²) in [6.07, 6.45) is 6.31. The number of hydrogen-bond donors (Lipinski definition) is 4. The Morgan fingerprint density at radius 2 is 1.23 bits per heavy atom. The number of fused-ring (bicyclic) bond motifs is 8. The molecule has 0 saturated heterocycles. The molecular formula is C22H14N4O4. The molecule has 0 aromatic carbocycles. The highest BCUT2D eigenvalue weighted by Gasteiger charge is 2.20. The predicted molar refractivity (Wildman–Crippen MR) is 113 cm³/mol. The summed E-state index contributed by atoms with van der Waals surface area (Å²) in [7, 11) is 0. The molecule has 3 aromatic heterocycles. The van der Waals surface area contributed by atoms with Crippen molar-refractivity contribution in [2.24, 2.45) is 0 Å². The first-order valence-electron chi connectivity index (χ1n) is 9.05. The molecule has 0 spiro atoms. The third kappa shape index (κ3) is 2.96. The van der Waals surface area contributed by atoms with Crippen molar-refractivity contribution in [3.05, 3.63) is 70.3 Å². The summed E-state index contributed by atoms with van der Waals surface area (Å²) in [5, 5.41) is 19.5. The van der Waals surface area contributed by atoms with Gasteiger partial charge in [-0.15, -0.1) is 0 Å². The van der Waals surface area contributed by atoms with E-state index in [1.807, 2.05) is 24.3 Å². The fraction of sp³-hybridized carbons (Fsp3) is 0. The van der Waals surface area contributed by atoms with Gasteiger partial charge in [0.2, 0.25) is 0 Å². The SMILES string of the molecule is O=C(O)c1c2nc(cc3ccc(cc4ccc([nH]4)c(C(=O)O)c4nc1C=C4)[nH]3)C=C2. The van der Waals surface area contributed by atoms with Gasteiger partial charge < -0.3 is 20.2 Å². The van der Waals surface area contributed by atoms with Crippen molar-refractivity contribution in [1.29, 1.82) is 0 Å². The Morgan fingerprint density at radius 1 is 0.667 bits per heavy atom. The van der Waals surface area contributed by atoms with Gasteiger partial charge in [-0.1, -0.05) is 0 Å². The van der Waals surface area contributed by atoms with Crippen LogP contribution in [0.1, 0.15) is 43.5 Å². The van der Waals surface area contributed by atoms with Crippen LogP contribution >= 0.6 is 0 Å². The quantitative estimate of drug-likeness (QED) is 0.355. The Bertz CT molecular complexity index is 1460. The molecule has 0 amide bonds. The molecule has 0 aliphatic carbocycles. The number of hydrogen-bond acceptors (Lipinski definition) is 4. The number of H-pyrrole nitrogens is 2. The first-order valence-corrected chi connectivity index (χ1v) is 9.05. The van der Waals surface area contributed by atoms with Gasteiger partial charge in [-0.05, 0) is 60.7 Å². The van der Waals surface area contributed by atoms with E-state index in [4.69, 9.17) is 0 Å². The number of rotatable bonds is 2. The van der Waals surface area contributed by atoms with Crippen LogP contribution in [0.15, 0.2) is 36.4 Å². The minimum absolute atomic E-state index is 0.0469. The molecule has 0 fully saturated rings. The van der Waals surface area contributed by atoms with Gasteiger partial charge in [0.15, 0.2) is 0 Å². The molecule has 8 heteroatoms. The smallest absolute Gasteiger partial charge is 0.340 e. The summed E-state index contributed by atoms with van der Waals surface area (Å²) < 4.78 is 0. The highest BCUT2D eigenvalue weighted by Crippen LogP contribution is 2.24. The van der Waals surface area contributed by atoms with E-state index in [-0.39, 0.29) is 28.2 Å². The van der Waals surface area contributed by atoms with Crippen LogP contribution in [-0.2, 0) is 0 Å². The zero-order valence-electron chi connectivity index (χ0n) is 15.4. The van der Waals surface area contributed by atoms with Crippen LogP contribution in [0.25, 0.3) is 46.4 Å². The zero-order valence-corrected chi connectivity index (χ0v) is 15.4. The van der Waals surface area contributed by atoms with Crippen LogP contribution in [0.5, 0.6) is 0 Å². The second-order valence-electron chi connectivity index (χ2n) is 6.82. The van der Waals surface area contributed by atoms with E-state index in [0.29, 0.717) is 16.7 Å². The number of carbonyl (C=O) groups is 2. The van der Waals surface area contributed by atoms with Crippen LogP contribution in [0, 0.1) is 0 Å². The molecule has 146 valence electrons. The van der Waals surface area contributed by atoms with E-state index >= 15 is 0 Å². The standard InChI is InChI=1S/C22H14N4O4/c27-21(28)19-15-5-3-13(24-15)9-11-1-2-12(23-11)10-14-4-6-16(25-14)20(22(29)30)18-8-7-17(19)26-18/h1-10,23-24H,(H,27,28)(H,29,30). The first kappa shape index (κ1) is 17.6. The van der Waals surface area contributed by atoms with Crippen molar-refractivity contribution < 1.29 is 19.8 Å². The second kappa shape index (κ2) is 6.56. The Morgan fingerprint density at radius 3 is 1.97 bits per heavy atom. The van der Waals surface area contributed by atoms with Crippen LogP contribution in [-0.4, -0.2) is 42.1 Å². The van der Waals surface area contributed by atoms with Crippen LogP contribution in [0.4, 0.5) is 0 Å². The van der Waals surface area contributed by atoms with E-state index in [2.05, 4.69) is 19.9 Å². The van der Waals surface area contributed by atoms with Gasteiger partial charge in [0.1, 0.15) is 11.1 Å². The summed E-state index contributed by atoms with van der Waals surface area (Å²) in [6.45, 7) is 0. The number of nitrogens with zero attached hydrogens (tertiary/aromatic N) is 2. The molecule has 5 heterocycles. The summed E-state index contributed by atoms with van der Waals surface area (Å²) in [6, 6.07) is 10.9. The maximum absolute atomic E-state index is 12.0. The molecule has 0 radical (unpaired) electrons. The van der Waals surface area contributed by atoms with Crippen molar-refractivity contribution in [2.45, 2.75) is 0 Å². The van der Waals surface area contributed by atoms with Gasteiger partial charge >= 0.3 is 11.9 Å². The molecule has 4 N–H and O–H groups in total. The molecule has 8 nitrogen and oxygen atoms in total. The highest BCUT2D eigenvalue weighted by molar-refractivity contribution is 6.02. The summed E-state index contributed by atoms with van der Waals surface area (Å²) in [5.74, 6) is -2.36. The fourth-order valence-electron chi connectivity index (χ4n) is 3.52. The number of aromatic carboxylic acids is 2. The molecule has 0 atom stereocenters. The molecule has 0 saturated carbocycles. The number of aromatic amines is 2. The molecule has 8 bridgehead atoms. The lowest BCUT2D eigenvalue weighted by Gasteiger charge is -1.98. The third-order valence-electron chi connectivity index (χ3n) is 4.82. The highest BCUT2D eigenvalue weighted by atomic mass is 16.4. The average molecular weight is 398 g/mol. The molecule has 2 aliphatic heterocycles. The minimum Gasteiger partial charge on any atom is -0.478 e. The molecule has 0 unspecified atom stereocenters. The fourth-order valence-corrected chi connectivity index (χ4v) is 3.52. The first-order chi connectivity index (χ1) is 14.5. The monoisotopic (exact) mass is 398 g/mol. The van der Waals surface area contributed by atoms with E-state index in [1.165, 1.54) is 12.2 Å². The van der Waals surface area contributed by atoms with Crippen molar-refractivity contribution in [3.63, 3.8) is 0 Å². The Kier molecular flexibility index (Phi) is 3.85. The average Bonchev–Trinajstić information content (AvgIpc) is 3.46. The van der Waals surface area contributed by atoms with Crippen LogP contribution < -0.4 is 0 Å². The number of nitrogens with one attached hydrogen (secondary N) is 2. The molecule has 30 heavy (non-hydrogen) atoms. The summed E-state index contributed by atoms with van der Waals surface area (Å²) in [4.78, 5) is 38.9. The minimum atomic E-state index is -1.19. The Balaban J connectivity index is 1.96. The van der Waals surface area contributed by atoms with Gasteiger partial charge in [-0.3, -0.25) is 0 Å². The normalized spacial score (nSPS) is 12.3. The molecular weight excluding hydrogens is 384 g/mol. The van der Waals surface area contributed by atoms with Gasteiger partial charge in [0.25, 0.3) is 0 Å². The summed E-state index contributed by atoms with van der Waals surface area (Å²) >= 11 is 0. The molecule has 3 aromatic rings. The third-order valence-corrected chi connectivity index (χ3v) is 4.82. The second-order valence-corrected chi connectivity index (χ2v) is 6.82. The lowest BCUT2D eigenvalue weighted by Crippen LogP contribution is -2.04. The lowest BCUT2D eigenvalue weighted by atomic mass is 10.1. The Hall–Kier alpha value is -4.46. The van der Waals surface area contributed by atoms with Crippen LogP contribution in [0.2, 0.25) is 0 Å². The molecule has 2 aliphatic rings. The number of aromatic nitrogens is 4. The predicted octanol–water partition coefficient (Wildman–Crippen LogP) is 4.05. The van der Waals surface area contributed by atoms with Crippen molar-refractivity contribution in [2.75, 3.05) is 0 Å². The molecule has 5 rings (SSSR count). The van der Waals surface area contributed by atoms with E-state index in [1.54, 1.807) is 24.3 Å². The summed E-state index contributed by atoms with van der Waals surface area (Å²) in [5.41, 5.74) is 3.71. The zero-order chi connectivity index (χ0) is 20.8. The van der Waals surface area contributed by atoms with Gasteiger partial charge in [-0.25, -0.2) is 19.6 Å². The van der Waals surface area contributed by atoms with E-state index in [9.17, 15) is 19.8 Å². The van der Waals surface area contributed by atoms with E-state index in [0.717, 1.165) is 11.0 Å². The maximum atomic E-state index is 12.0. The van der Waals surface area contributed by atoms with Gasteiger partial charge in [0.05, 0.1) is 28.3 Å². The van der Waals surface area contributed by atoms with Crippen molar-refractivity contribution in [3.8, 4) is 0 Å². The number of carboxylic acid groups (broad SMARTS) is 2.